The Morgan fingerprint density at radius 2 is 1.75 bits per heavy atom. The van der Waals surface area contributed by atoms with Gasteiger partial charge in [-0.3, -0.25) is 4.79 Å². The quantitative estimate of drug-likeness (QED) is 0.603. The molecule has 0 saturated carbocycles. The molecule has 2 nitrogen and oxygen atoms in total. The summed E-state index contributed by atoms with van der Waals surface area (Å²) >= 11 is 12.0. The minimum Gasteiger partial charge on any atom is -0.451 e. The van der Waals surface area contributed by atoms with Gasteiger partial charge in [-0.15, -0.1) is 0 Å². The van der Waals surface area contributed by atoms with Gasteiger partial charge in [0.05, 0.1) is 5.02 Å². The maximum atomic E-state index is 12.4. The topological polar surface area (TPSA) is 30.2 Å². The first kappa shape index (κ1) is 13.2. The van der Waals surface area contributed by atoms with Gasteiger partial charge in [0.25, 0.3) is 0 Å². The molecular formula is C16H10Cl2O2. The van der Waals surface area contributed by atoms with Crippen molar-refractivity contribution in [3.05, 3.63) is 69.4 Å². The van der Waals surface area contributed by atoms with Crippen LogP contribution < -0.4 is 0 Å². The zero-order valence-electron chi connectivity index (χ0n) is 10.6. The van der Waals surface area contributed by atoms with E-state index in [1.54, 1.807) is 30.3 Å². The maximum Gasteiger partial charge on any atom is 0.228 e. The number of fused-ring (bicyclic) bond motifs is 1. The Morgan fingerprint density at radius 1 is 1.05 bits per heavy atom. The van der Waals surface area contributed by atoms with E-state index in [2.05, 4.69) is 0 Å². The molecule has 0 amide bonds. The van der Waals surface area contributed by atoms with Crippen LogP contribution in [0.1, 0.15) is 21.7 Å². The van der Waals surface area contributed by atoms with Crippen molar-refractivity contribution in [1.29, 1.82) is 0 Å². The molecule has 1 heterocycles. The Morgan fingerprint density at radius 3 is 2.45 bits per heavy atom. The fraction of sp³-hybridized carbons (Fsp3) is 0.0625. The molecule has 100 valence electrons. The molecule has 3 aromatic rings. The predicted molar refractivity (Wildman–Crippen MR) is 80.8 cm³/mol. The maximum absolute atomic E-state index is 12.4. The van der Waals surface area contributed by atoms with Gasteiger partial charge in [0.2, 0.25) is 5.78 Å². The zero-order valence-corrected chi connectivity index (χ0v) is 12.1. The summed E-state index contributed by atoms with van der Waals surface area (Å²) in [5.74, 6) is 0.0846. The summed E-state index contributed by atoms with van der Waals surface area (Å²) in [7, 11) is 0. The molecule has 0 N–H and O–H groups in total. The zero-order chi connectivity index (χ0) is 14.3. The van der Waals surface area contributed by atoms with Crippen molar-refractivity contribution in [3.8, 4) is 0 Å². The first-order chi connectivity index (χ1) is 9.54. The highest BCUT2D eigenvalue weighted by molar-refractivity contribution is 6.38. The predicted octanol–water partition coefficient (Wildman–Crippen LogP) is 5.28. The van der Waals surface area contributed by atoms with Crippen LogP contribution in [0.15, 0.2) is 46.9 Å². The Labute approximate surface area is 125 Å². The lowest BCUT2D eigenvalue weighted by atomic mass is 10.1. The van der Waals surface area contributed by atoms with Crippen LogP contribution in [-0.4, -0.2) is 5.78 Å². The summed E-state index contributed by atoms with van der Waals surface area (Å²) in [6, 6.07) is 12.3. The van der Waals surface area contributed by atoms with Crippen molar-refractivity contribution in [2.75, 3.05) is 0 Å². The highest BCUT2D eigenvalue weighted by Gasteiger charge is 2.16. The smallest absolute Gasteiger partial charge is 0.228 e. The fourth-order valence-electron chi connectivity index (χ4n) is 2.03. The van der Waals surface area contributed by atoms with Crippen LogP contribution >= 0.6 is 23.2 Å². The van der Waals surface area contributed by atoms with Crippen molar-refractivity contribution in [2.45, 2.75) is 6.92 Å². The van der Waals surface area contributed by atoms with Crippen LogP contribution in [0.4, 0.5) is 0 Å². The molecular weight excluding hydrogens is 295 g/mol. The van der Waals surface area contributed by atoms with E-state index in [0.717, 1.165) is 10.9 Å². The van der Waals surface area contributed by atoms with E-state index in [-0.39, 0.29) is 11.5 Å². The molecule has 0 atom stereocenters. The molecule has 4 heteroatoms. The molecule has 0 aliphatic rings. The van der Waals surface area contributed by atoms with Crippen molar-refractivity contribution < 1.29 is 9.21 Å². The SMILES string of the molecule is Cc1ccc(C(=O)c2cc3cc(Cl)cc(Cl)c3o2)cc1. The average Bonchev–Trinajstić information content (AvgIpc) is 2.83. The summed E-state index contributed by atoms with van der Waals surface area (Å²) in [6.07, 6.45) is 0. The Balaban J connectivity index is 2.08. The van der Waals surface area contributed by atoms with Crippen LogP contribution in [0.2, 0.25) is 10.0 Å². The van der Waals surface area contributed by atoms with Gasteiger partial charge in [-0.05, 0) is 25.1 Å². The lowest BCUT2D eigenvalue weighted by Gasteiger charge is -1.98. The second kappa shape index (κ2) is 4.97. The van der Waals surface area contributed by atoms with Gasteiger partial charge < -0.3 is 4.42 Å². The molecule has 2 aromatic carbocycles. The molecule has 0 fully saturated rings. The van der Waals surface area contributed by atoms with E-state index in [1.807, 2.05) is 19.1 Å². The molecule has 0 spiro atoms. The number of benzene rings is 2. The third-order valence-corrected chi connectivity index (χ3v) is 3.57. The van der Waals surface area contributed by atoms with Crippen molar-refractivity contribution in [2.24, 2.45) is 0 Å². The number of carbonyl (C=O) groups is 1. The largest absolute Gasteiger partial charge is 0.451 e. The Bertz CT molecular complexity index is 801. The van der Waals surface area contributed by atoms with Crippen molar-refractivity contribution in [3.63, 3.8) is 0 Å². The molecule has 0 saturated heterocycles. The minimum absolute atomic E-state index is 0.173. The Kier molecular flexibility index (Phi) is 3.28. The first-order valence-electron chi connectivity index (χ1n) is 6.04. The first-order valence-corrected chi connectivity index (χ1v) is 6.80. The van der Waals surface area contributed by atoms with Gasteiger partial charge in [-0.2, -0.15) is 0 Å². The third kappa shape index (κ3) is 2.33. The van der Waals surface area contributed by atoms with E-state index < -0.39 is 0 Å². The molecule has 0 aliphatic heterocycles. The van der Waals surface area contributed by atoms with Crippen molar-refractivity contribution >= 4 is 40.0 Å². The number of hydrogen-bond acceptors (Lipinski definition) is 2. The number of halogens is 2. The average molecular weight is 305 g/mol. The molecule has 0 radical (unpaired) electrons. The van der Waals surface area contributed by atoms with E-state index in [9.17, 15) is 4.79 Å². The molecule has 0 bridgehead atoms. The molecule has 0 aliphatic carbocycles. The highest BCUT2D eigenvalue weighted by Crippen LogP contribution is 2.31. The third-order valence-electron chi connectivity index (χ3n) is 3.07. The number of aryl methyl sites for hydroxylation is 1. The van der Waals surface area contributed by atoms with Gasteiger partial charge in [-0.25, -0.2) is 0 Å². The minimum atomic E-state index is -0.173. The standard InChI is InChI=1S/C16H10Cl2O2/c1-9-2-4-10(5-3-9)15(19)14-7-11-6-12(17)8-13(18)16(11)20-14/h2-8H,1H3. The molecule has 1 aromatic heterocycles. The van der Waals surface area contributed by atoms with Gasteiger partial charge in [-0.1, -0.05) is 53.0 Å². The number of carbonyl (C=O) groups excluding carboxylic acids is 1. The number of rotatable bonds is 2. The number of ketones is 1. The fourth-order valence-corrected chi connectivity index (χ4v) is 2.58. The summed E-state index contributed by atoms with van der Waals surface area (Å²) in [6.45, 7) is 1.97. The van der Waals surface area contributed by atoms with Crippen LogP contribution in [0.3, 0.4) is 0 Å². The second-order valence-electron chi connectivity index (χ2n) is 4.61. The normalized spacial score (nSPS) is 10.9. The van der Waals surface area contributed by atoms with Crippen LogP contribution in [0.5, 0.6) is 0 Å². The lowest BCUT2D eigenvalue weighted by molar-refractivity contribution is 0.101. The molecule has 20 heavy (non-hydrogen) atoms. The van der Waals surface area contributed by atoms with E-state index in [1.165, 1.54) is 0 Å². The summed E-state index contributed by atoms with van der Waals surface area (Å²) in [5, 5.41) is 1.63. The summed E-state index contributed by atoms with van der Waals surface area (Å²) in [4.78, 5) is 12.4. The highest BCUT2D eigenvalue weighted by atomic mass is 35.5. The van der Waals surface area contributed by atoms with E-state index in [4.69, 9.17) is 27.6 Å². The number of hydrogen-bond donors (Lipinski definition) is 0. The Hall–Kier alpha value is -1.77. The van der Waals surface area contributed by atoms with Gasteiger partial charge >= 0.3 is 0 Å². The van der Waals surface area contributed by atoms with Crippen LogP contribution in [0.25, 0.3) is 11.0 Å². The monoisotopic (exact) mass is 304 g/mol. The summed E-state index contributed by atoms with van der Waals surface area (Å²) < 4.78 is 5.56. The summed E-state index contributed by atoms with van der Waals surface area (Å²) in [5.41, 5.74) is 2.16. The number of furan rings is 1. The molecule has 3 rings (SSSR count). The van der Waals surface area contributed by atoms with E-state index in [0.29, 0.717) is 21.2 Å². The van der Waals surface area contributed by atoms with E-state index >= 15 is 0 Å². The van der Waals surface area contributed by atoms with Crippen LogP contribution in [-0.2, 0) is 0 Å². The van der Waals surface area contributed by atoms with Gasteiger partial charge in [0.15, 0.2) is 11.3 Å². The lowest BCUT2D eigenvalue weighted by Crippen LogP contribution is -1.98. The van der Waals surface area contributed by atoms with Crippen LogP contribution in [0, 0.1) is 6.92 Å². The van der Waals surface area contributed by atoms with Crippen molar-refractivity contribution in [1.82, 2.24) is 0 Å². The van der Waals surface area contributed by atoms with Gasteiger partial charge in [0.1, 0.15) is 0 Å². The second-order valence-corrected chi connectivity index (χ2v) is 5.46. The van der Waals surface area contributed by atoms with Gasteiger partial charge in [0, 0.05) is 16.0 Å². The molecule has 0 unspecified atom stereocenters.